The Morgan fingerprint density at radius 1 is 1.21 bits per heavy atom. The molecule has 0 saturated heterocycles. The fraction of sp³-hybridized carbons (Fsp3) is 0.929. The van der Waals surface area contributed by atoms with Gasteiger partial charge in [-0.2, -0.15) is 0 Å². The normalized spacial score (nSPS) is 31.2. The predicted octanol–water partition coefficient (Wildman–Crippen LogP) is 0.775. The van der Waals surface area contributed by atoms with Crippen LogP contribution in [0.2, 0.25) is 0 Å². The molecule has 0 aromatic rings. The molecule has 19 heavy (non-hydrogen) atoms. The van der Waals surface area contributed by atoms with Gasteiger partial charge in [0.25, 0.3) is 0 Å². The quantitative estimate of drug-likeness (QED) is 0.672. The summed E-state index contributed by atoms with van der Waals surface area (Å²) < 4.78 is 10.2. The van der Waals surface area contributed by atoms with Gasteiger partial charge in [0.1, 0.15) is 0 Å². The van der Waals surface area contributed by atoms with Crippen molar-refractivity contribution in [2.75, 3.05) is 33.5 Å². The van der Waals surface area contributed by atoms with Crippen molar-refractivity contribution in [1.82, 2.24) is 5.32 Å². The summed E-state index contributed by atoms with van der Waals surface area (Å²) in [5.74, 6) is 1.08. The van der Waals surface area contributed by atoms with Gasteiger partial charge < -0.3 is 20.5 Å². The SMILES string of the molecule is COCCOCCNC(=O)C1CC(N)C(C)CC1C. The van der Waals surface area contributed by atoms with Gasteiger partial charge in [-0.05, 0) is 24.7 Å². The van der Waals surface area contributed by atoms with Gasteiger partial charge in [-0.3, -0.25) is 4.79 Å². The van der Waals surface area contributed by atoms with E-state index in [1.54, 1.807) is 7.11 Å². The second kappa shape index (κ2) is 8.51. The van der Waals surface area contributed by atoms with E-state index >= 15 is 0 Å². The number of nitrogens with one attached hydrogen (secondary N) is 1. The number of carbonyl (C=O) groups is 1. The third-order valence-electron chi connectivity index (χ3n) is 4.00. The molecule has 0 aliphatic heterocycles. The monoisotopic (exact) mass is 272 g/mol. The molecule has 0 spiro atoms. The summed E-state index contributed by atoms with van der Waals surface area (Å²) in [6.45, 7) is 6.53. The molecule has 3 N–H and O–H groups in total. The Labute approximate surface area is 116 Å². The highest BCUT2D eigenvalue weighted by molar-refractivity contribution is 5.79. The minimum Gasteiger partial charge on any atom is -0.382 e. The van der Waals surface area contributed by atoms with Crippen LogP contribution in [0.4, 0.5) is 0 Å². The van der Waals surface area contributed by atoms with E-state index in [2.05, 4.69) is 19.2 Å². The Morgan fingerprint density at radius 3 is 2.63 bits per heavy atom. The Morgan fingerprint density at radius 2 is 1.95 bits per heavy atom. The number of amides is 1. The Hall–Kier alpha value is -0.650. The van der Waals surface area contributed by atoms with E-state index in [9.17, 15) is 4.79 Å². The van der Waals surface area contributed by atoms with Crippen molar-refractivity contribution in [3.05, 3.63) is 0 Å². The van der Waals surface area contributed by atoms with Crippen LogP contribution in [-0.4, -0.2) is 45.4 Å². The van der Waals surface area contributed by atoms with Gasteiger partial charge in [-0.1, -0.05) is 13.8 Å². The van der Waals surface area contributed by atoms with E-state index in [-0.39, 0.29) is 17.9 Å². The lowest BCUT2D eigenvalue weighted by molar-refractivity contribution is -0.128. The molecule has 1 saturated carbocycles. The van der Waals surface area contributed by atoms with Crippen molar-refractivity contribution in [3.63, 3.8) is 0 Å². The van der Waals surface area contributed by atoms with Gasteiger partial charge in [0.2, 0.25) is 5.91 Å². The van der Waals surface area contributed by atoms with Gasteiger partial charge >= 0.3 is 0 Å². The van der Waals surface area contributed by atoms with Crippen molar-refractivity contribution >= 4 is 5.91 Å². The van der Waals surface area contributed by atoms with E-state index in [0.717, 1.165) is 12.8 Å². The number of ether oxygens (including phenoxy) is 2. The number of nitrogens with two attached hydrogens (primary N) is 1. The Bertz CT molecular complexity index is 273. The summed E-state index contributed by atoms with van der Waals surface area (Å²) in [5.41, 5.74) is 6.06. The summed E-state index contributed by atoms with van der Waals surface area (Å²) in [6.07, 6.45) is 1.82. The van der Waals surface area contributed by atoms with Crippen LogP contribution in [0, 0.1) is 17.8 Å². The topological polar surface area (TPSA) is 73.6 Å². The zero-order valence-electron chi connectivity index (χ0n) is 12.4. The molecule has 1 fully saturated rings. The summed E-state index contributed by atoms with van der Waals surface area (Å²) in [4.78, 5) is 12.1. The zero-order valence-corrected chi connectivity index (χ0v) is 12.4. The van der Waals surface area contributed by atoms with Crippen LogP contribution >= 0.6 is 0 Å². The highest BCUT2D eigenvalue weighted by atomic mass is 16.5. The zero-order chi connectivity index (χ0) is 14.3. The van der Waals surface area contributed by atoms with Crippen molar-refractivity contribution in [3.8, 4) is 0 Å². The molecule has 4 unspecified atom stereocenters. The van der Waals surface area contributed by atoms with Gasteiger partial charge in [-0.15, -0.1) is 0 Å². The minimum atomic E-state index is 0.0465. The fourth-order valence-corrected chi connectivity index (χ4v) is 2.67. The Balaban J connectivity index is 2.21. The highest BCUT2D eigenvalue weighted by Gasteiger charge is 2.34. The predicted molar refractivity (Wildman–Crippen MR) is 74.7 cm³/mol. The van der Waals surface area contributed by atoms with Gasteiger partial charge in [-0.25, -0.2) is 0 Å². The third-order valence-corrected chi connectivity index (χ3v) is 4.00. The van der Waals surface area contributed by atoms with E-state index in [4.69, 9.17) is 15.2 Å². The smallest absolute Gasteiger partial charge is 0.223 e. The van der Waals surface area contributed by atoms with Crippen LogP contribution in [-0.2, 0) is 14.3 Å². The molecule has 1 rings (SSSR count). The summed E-state index contributed by atoms with van der Waals surface area (Å²) in [7, 11) is 1.64. The lowest BCUT2D eigenvalue weighted by Crippen LogP contribution is -2.45. The maximum atomic E-state index is 12.1. The molecule has 0 aromatic heterocycles. The lowest BCUT2D eigenvalue weighted by Gasteiger charge is -2.36. The first-order valence-electron chi connectivity index (χ1n) is 7.16. The standard InChI is InChI=1S/C14H28N2O3/c1-10-8-11(2)13(15)9-12(10)14(17)16-4-5-19-7-6-18-3/h10-13H,4-9,15H2,1-3H3,(H,16,17). The first-order valence-corrected chi connectivity index (χ1v) is 7.16. The molecular formula is C14H28N2O3. The first-order chi connectivity index (χ1) is 9.06. The van der Waals surface area contributed by atoms with Crippen LogP contribution in [0.5, 0.6) is 0 Å². The molecule has 5 nitrogen and oxygen atoms in total. The van der Waals surface area contributed by atoms with Gasteiger partial charge in [0.05, 0.1) is 19.8 Å². The number of carbonyl (C=O) groups excluding carboxylic acids is 1. The molecule has 1 amide bonds. The molecule has 112 valence electrons. The van der Waals surface area contributed by atoms with Crippen LogP contribution in [0.15, 0.2) is 0 Å². The highest BCUT2D eigenvalue weighted by Crippen LogP contribution is 2.32. The van der Waals surface area contributed by atoms with Crippen LogP contribution in [0.3, 0.4) is 0 Å². The maximum Gasteiger partial charge on any atom is 0.223 e. The number of rotatable bonds is 7. The second-order valence-electron chi connectivity index (χ2n) is 5.59. The number of methoxy groups -OCH3 is 1. The van der Waals surface area contributed by atoms with Crippen LogP contribution < -0.4 is 11.1 Å². The van der Waals surface area contributed by atoms with Crippen molar-refractivity contribution in [1.29, 1.82) is 0 Å². The summed E-state index contributed by atoms with van der Waals surface area (Å²) >= 11 is 0. The minimum absolute atomic E-state index is 0.0465. The molecule has 5 heteroatoms. The third kappa shape index (κ3) is 5.47. The van der Waals surface area contributed by atoms with Crippen LogP contribution in [0.1, 0.15) is 26.7 Å². The number of hydrogen-bond acceptors (Lipinski definition) is 4. The average Bonchev–Trinajstić information content (AvgIpc) is 2.37. The Kier molecular flexibility index (Phi) is 7.34. The first kappa shape index (κ1) is 16.4. The molecule has 0 aromatic carbocycles. The van der Waals surface area contributed by atoms with E-state index < -0.39 is 0 Å². The maximum absolute atomic E-state index is 12.1. The molecule has 0 radical (unpaired) electrons. The number of hydrogen-bond donors (Lipinski definition) is 2. The molecule has 1 aliphatic rings. The van der Waals surface area contributed by atoms with Crippen molar-refractivity contribution < 1.29 is 14.3 Å². The molecule has 4 atom stereocenters. The second-order valence-corrected chi connectivity index (χ2v) is 5.59. The molecule has 0 heterocycles. The van der Waals surface area contributed by atoms with E-state index in [1.807, 2.05) is 0 Å². The van der Waals surface area contributed by atoms with E-state index in [1.165, 1.54) is 0 Å². The molecular weight excluding hydrogens is 244 g/mol. The largest absolute Gasteiger partial charge is 0.382 e. The van der Waals surface area contributed by atoms with Crippen molar-refractivity contribution in [2.45, 2.75) is 32.7 Å². The summed E-state index contributed by atoms with van der Waals surface area (Å²) in [6, 6.07) is 0.143. The van der Waals surface area contributed by atoms with Crippen LogP contribution in [0.25, 0.3) is 0 Å². The van der Waals surface area contributed by atoms with Crippen molar-refractivity contribution in [2.24, 2.45) is 23.5 Å². The molecule has 1 aliphatic carbocycles. The average molecular weight is 272 g/mol. The van der Waals surface area contributed by atoms with Gasteiger partial charge in [0, 0.05) is 25.6 Å². The molecule has 0 bridgehead atoms. The lowest BCUT2D eigenvalue weighted by atomic mass is 9.72. The van der Waals surface area contributed by atoms with Gasteiger partial charge in [0.15, 0.2) is 0 Å². The summed E-state index contributed by atoms with van der Waals surface area (Å²) in [5, 5.41) is 2.93. The fourth-order valence-electron chi connectivity index (χ4n) is 2.67. The van der Waals surface area contributed by atoms with E-state index in [0.29, 0.717) is 38.2 Å².